The van der Waals surface area contributed by atoms with Crippen LogP contribution in [0, 0.1) is 12.8 Å². The minimum absolute atomic E-state index is 0.00125. The third kappa shape index (κ3) is 6.24. The lowest BCUT2D eigenvalue weighted by Gasteiger charge is -2.34. The van der Waals surface area contributed by atoms with Gasteiger partial charge in [0.1, 0.15) is 28.4 Å². The van der Waals surface area contributed by atoms with Crippen molar-refractivity contribution in [1.82, 2.24) is 15.4 Å². The second-order valence-corrected chi connectivity index (χ2v) is 12.3. The van der Waals surface area contributed by atoms with Crippen molar-refractivity contribution in [2.45, 2.75) is 82.5 Å². The maximum absolute atomic E-state index is 13.8. The number of aromatic nitrogens is 1. The lowest BCUT2D eigenvalue weighted by atomic mass is 9.94. The number of benzene rings is 1. The van der Waals surface area contributed by atoms with E-state index in [1.807, 2.05) is 13.8 Å². The van der Waals surface area contributed by atoms with Crippen molar-refractivity contribution in [2.24, 2.45) is 5.92 Å². The molecule has 0 aliphatic carbocycles. The number of carboxylic acid groups (broad SMARTS) is 2. The van der Waals surface area contributed by atoms with E-state index in [2.05, 4.69) is 10.5 Å². The van der Waals surface area contributed by atoms with E-state index in [1.54, 1.807) is 38.1 Å². The lowest BCUT2D eigenvalue weighted by Crippen LogP contribution is -2.58. The fourth-order valence-electron chi connectivity index (χ4n) is 4.92. The maximum Gasteiger partial charge on any atom is 0.329 e. The number of aliphatic carboxylic acids is 2. The molecule has 1 aliphatic heterocycles. The molecule has 0 bridgehead atoms. The molecule has 1 unspecified atom stereocenters. The summed E-state index contributed by atoms with van der Waals surface area (Å²) >= 11 is 7.35. The van der Waals surface area contributed by atoms with E-state index < -0.39 is 51.9 Å². The normalized spacial score (nSPS) is 19.9. The van der Waals surface area contributed by atoms with Crippen LogP contribution in [0.15, 0.2) is 28.8 Å². The van der Waals surface area contributed by atoms with Gasteiger partial charge in [-0.15, -0.1) is 11.8 Å². The molecule has 1 fully saturated rings. The number of carbonyl (C=O) groups excluding carboxylic acids is 2. The van der Waals surface area contributed by atoms with E-state index in [9.17, 15) is 29.4 Å². The summed E-state index contributed by atoms with van der Waals surface area (Å²) in [6.45, 7) is 8.67. The van der Waals surface area contributed by atoms with Crippen LogP contribution in [0.5, 0.6) is 0 Å². The molecule has 1 saturated heterocycles. The zero-order valence-corrected chi connectivity index (χ0v) is 24.1. The van der Waals surface area contributed by atoms with Gasteiger partial charge in [-0.3, -0.25) is 9.59 Å². The summed E-state index contributed by atoms with van der Waals surface area (Å²) in [5, 5.41) is 26.0. The smallest absolute Gasteiger partial charge is 0.329 e. The van der Waals surface area contributed by atoms with Gasteiger partial charge < -0.3 is 25.0 Å². The summed E-state index contributed by atoms with van der Waals surface area (Å²) in [7, 11) is 0. The Morgan fingerprint density at radius 1 is 1.21 bits per heavy atom. The molecule has 2 amide bonds. The van der Waals surface area contributed by atoms with Crippen LogP contribution in [0.1, 0.15) is 69.5 Å². The number of thioether (sulfide) groups is 1. The van der Waals surface area contributed by atoms with Gasteiger partial charge in [0.2, 0.25) is 5.91 Å². The third-order valence-corrected chi connectivity index (χ3v) is 8.83. The van der Waals surface area contributed by atoms with Crippen LogP contribution < -0.4 is 5.32 Å². The molecule has 1 aliphatic rings. The van der Waals surface area contributed by atoms with Crippen molar-refractivity contribution in [3.63, 3.8) is 0 Å². The van der Waals surface area contributed by atoms with Crippen LogP contribution in [0.4, 0.5) is 0 Å². The van der Waals surface area contributed by atoms with E-state index in [4.69, 9.17) is 16.1 Å². The van der Waals surface area contributed by atoms with Crippen molar-refractivity contribution in [2.75, 3.05) is 0 Å². The third-order valence-electron chi connectivity index (χ3n) is 6.93. The molecule has 1 aromatic carbocycles. The van der Waals surface area contributed by atoms with Gasteiger partial charge in [-0.05, 0) is 39.7 Å². The average molecular weight is 580 g/mol. The number of nitrogens with one attached hydrogen (secondary N) is 1. The highest BCUT2D eigenvalue weighted by molar-refractivity contribution is 8.01. The van der Waals surface area contributed by atoms with Gasteiger partial charge in [-0.1, -0.05) is 61.6 Å². The largest absolute Gasteiger partial charge is 0.480 e. The Morgan fingerprint density at radius 3 is 2.44 bits per heavy atom. The van der Waals surface area contributed by atoms with Crippen LogP contribution in [-0.2, 0) is 14.4 Å². The second kappa shape index (κ2) is 12.4. The van der Waals surface area contributed by atoms with Gasteiger partial charge in [-0.25, -0.2) is 9.59 Å². The molecule has 12 heteroatoms. The van der Waals surface area contributed by atoms with Crippen molar-refractivity contribution >= 4 is 47.1 Å². The molecule has 0 spiro atoms. The molecular weight excluding hydrogens is 546 g/mol. The molecular formula is C27H34ClN3O7S. The molecule has 39 heavy (non-hydrogen) atoms. The van der Waals surface area contributed by atoms with Gasteiger partial charge in [0, 0.05) is 16.2 Å². The molecule has 4 atom stereocenters. The van der Waals surface area contributed by atoms with Crippen LogP contribution >= 0.6 is 23.4 Å². The summed E-state index contributed by atoms with van der Waals surface area (Å²) in [6.07, 6.45) is 2.66. The monoisotopic (exact) mass is 579 g/mol. The summed E-state index contributed by atoms with van der Waals surface area (Å²) in [5.41, 5.74) is 0.564. The highest BCUT2D eigenvalue weighted by Crippen LogP contribution is 2.47. The van der Waals surface area contributed by atoms with Crippen molar-refractivity contribution < 1.29 is 33.9 Å². The quantitative estimate of drug-likeness (QED) is 0.340. The summed E-state index contributed by atoms with van der Waals surface area (Å²) < 4.78 is 4.23. The Labute approximate surface area is 236 Å². The van der Waals surface area contributed by atoms with E-state index in [0.717, 1.165) is 29.5 Å². The van der Waals surface area contributed by atoms with Crippen LogP contribution in [0.2, 0.25) is 5.02 Å². The zero-order valence-electron chi connectivity index (χ0n) is 22.6. The minimum atomic E-state index is -1.62. The Morgan fingerprint density at radius 2 is 1.87 bits per heavy atom. The molecule has 2 aromatic rings. The molecule has 3 N–H and O–H groups in total. The number of hydrogen-bond acceptors (Lipinski definition) is 7. The number of carboxylic acids is 2. The zero-order chi connectivity index (χ0) is 29.1. The van der Waals surface area contributed by atoms with Gasteiger partial charge in [0.05, 0.1) is 5.02 Å². The maximum atomic E-state index is 13.8. The van der Waals surface area contributed by atoms with Crippen LogP contribution in [-0.4, -0.2) is 66.2 Å². The van der Waals surface area contributed by atoms with Gasteiger partial charge in [-0.2, -0.15) is 0 Å². The summed E-state index contributed by atoms with van der Waals surface area (Å²) in [4.78, 5) is 53.5. The summed E-state index contributed by atoms with van der Waals surface area (Å²) in [6, 6.07) is 3.80. The van der Waals surface area contributed by atoms with E-state index in [0.29, 0.717) is 23.4 Å². The first kappa shape index (κ1) is 30.5. The Hall–Kier alpha value is -3.05. The number of aryl methyl sites for hydroxylation is 1. The number of amides is 2. The molecule has 10 nitrogen and oxygen atoms in total. The van der Waals surface area contributed by atoms with Crippen LogP contribution in [0.3, 0.4) is 0 Å². The van der Waals surface area contributed by atoms with Crippen molar-refractivity contribution in [3.8, 4) is 11.3 Å². The van der Waals surface area contributed by atoms with E-state index in [1.165, 1.54) is 6.92 Å². The highest BCUT2D eigenvalue weighted by atomic mass is 35.5. The minimum Gasteiger partial charge on any atom is -0.480 e. The SMILES string of the molecule is CCCCC(CC)C(=O)N1[C@@H]([C@@H](NC(=O)c2c(-c3ccccc3Cl)noc2C)C(=O)O)SC(C)(C)[C@@H]1C(=O)O. The van der Waals surface area contributed by atoms with Gasteiger partial charge >= 0.3 is 11.9 Å². The molecule has 212 valence electrons. The fourth-order valence-corrected chi connectivity index (χ4v) is 6.77. The predicted octanol–water partition coefficient (Wildman–Crippen LogP) is 4.84. The molecule has 2 heterocycles. The molecule has 3 rings (SSSR count). The first-order valence-corrected chi connectivity index (χ1v) is 14.1. The molecule has 0 saturated carbocycles. The Balaban J connectivity index is 2.03. The topological polar surface area (TPSA) is 150 Å². The van der Waals surface area contributed by atoms with Gasteiger partial charge in [0.25, 0.3) is 5.91 Å². The van der Waals surface area contributed by atoms with Gasteiger partial charge in [0.15, 0.2) is 6.04 Å². The predicted molar refractivity (Wildman–Crippen MR) is 148 cm³/mol. The van der Waals surface area contributed by atoms with Crippen molar-refractivity contribution in [1.29, 1.82) is 0 Å². The van der Waals surface area contributed by atoms with E-state index in [-0.39, 0.29) is 17.0 Å². The second-order valence-electron chi connectivity index (χ2n) is 10.1. The van der Waals surface area contributed by atoms with Crippen molar-refractivity contribution in [3.05, 3.63) is 40.6 Å². The Kier molecular flexibility index (Phi) is 9.71. The standard InChI is InChI=1S/C27H34ClN3O7S/c1-6-8-11-15(7-2)23(33)31-21(26(36)37)27(4,5)39-24(31)20(25(34)35)29-22(32)18-14(3)38-30-19(18)16-12-9-10-13-17(16)28/h9-10,12-13,15,20-21,24H,6-8,11H2,1-5H3,(H,29,32)(H,34,35)(H,36,37)/t15?,20-,21+,24-/m1/s1. The highest BCUT2D eigenvalue weighted by Gasteiger charge is 2.57. The fraction of sp³-hybridized carbons (Fsp3) is 0.519. The molecule has 0 radical (unpaired) electrons. The average Bonchev–Trinajstić information content (AvgIpc) is 3.38. The van der Waals surface area contributed by atoms with Crippen LogP contribution in [0.25, 0.3) is 11.3 Å². The number of halogens is 1. The molecule has 1 aromatic heterocycles. The summed E-state index contributed by atoms with van der Waals surface area (Å²) in [5.74, 6) is -4.19. The Bertz CT molecular complexity index is 1250. The number of unbranched alkanes of at least 4 members (excludes halogenated alkanes) is 1. The number of carbonyl (C=O) groups is 4. The number of rotatable bonds is 11. The number of nitrogens with zero attached hydrogens (tertiary/aromatic N) is 2. The first-order chi connectivity index (χ1) is 18.3. The first-order valence-electron chi connectivity index (χ1n) is 12.8. The number of hydrogen-bond donors (Lipinski definition) is 3. The van der Waals surface area contributed by atoms with E-state index >= 15 is 0 Å². The lowest BCUT2D eigenvalue weighted by molar-refractivity contribution is -0.155.